The highest BCUT2D eigenvalue weighted by Gasteiger charge is 2.16. The van der Waals surface area contributed by atoms with Gasteiger partial charge in [-0.05, 0) is 18.2 Å². The zero-order valence-electron chi connectivity index (χ0n) is 11.4. The molecule has 2 aromatic carbocycles. The maximum atomic E-state index is 12.7. The Kier molecular flexibility index (Phi) is 3.47. The smallest absolute Gasteiger partial charge is 0.195 e. The van der Waals surface area contributed by atoms with Crippen LogP contribution < -0.4 is 4.74 Å². The van der Waals surface area contributed by atoms with E-state index in [1.807, 2.05) is 18.2 Å². The molecule has 0 aliphatic carbocycles. The van der Waals surface area contributed by atoms with Gasteiger partial charge in [-0.2, -0.15) is 15.0 Å². The molecule has 0 atom stereocenters. The summed E-state index contributed by atoms with van der Waals surface area (Å²) in [5, 5.41) is 8.18. The fraction of sp³-hybridized carbons (Fsp3) is 0.0625. The molecule has 21 heavy (non-hydrogen) atoms. The summed E-state index contributed by atoms with van der Waals surface area (Å²) in [7, 11) is 1.57. The summed E-state index contributed by atoms with van der Waals surface area (Å²) in [6.07, 6.45) is 3.14. The molecule has 0 fully saturated rings. The van der Waals surface area contributed by atoms with Crippen LogP contribution in [-0.4, -0.2) is 27.9 Å². The molecule has 1 aromatic heterocycles. The van der Waals surface area contributed by atoms with E-state index in [0.717, 1.165) is 0 Å². The molecule has 104 valence electrons. The molecule has 3 rings (SSSR count). The molecule has 0 unspecified atom stereocenters. The Hall–Kier alpha value is -2.95. The Morgan fingerprint density at radius 1 is 1.05 bits per heavy atom. The Bertz CT molecular complexity index is 752. The van der Waals surface area contributed by atoms with Gasteiger partial charge in [0.1, 0.15) is 5.75 Å². The van der Waals surface area contributed by atoms with Crippen molar-refractivity contribution in [3.05, 3.63) is 72.1 Å². The van der Waals surface area contributed by atoms with Crippen molar-refractivity contribution in [2.45, 2.75) is 0 Å². The van der Waals surface area contributed by atoms with E-state index >= 15 is 0 Å². The fourth-order valence-corrected chi connectivity index (χ4v) is 2.08. The van der Waals surface area contributed by atoms with Crippen molar-refractivity contribution in [2.75, 3.05) is 7.11 Å². The first-order valence-electron chi connectivity index (χ1n) is 6.44. The molecule has 1 heterocycles. The lowest BCUT2D eigenvalue weighted by Crippen LogP contribution is -2.09. The number of benzene rings is 2. The third-order valence-corrected chi connectivity index (χ3v) is 3.12. The second kappa shape index (κ2) is 5.58. The van der Waals surface area contributed by atoms with Crippen LogP contribution in [-0.2, 0) is 0 Å². The maximum Gasteiger partial charge on any atom is 0.195 e. The Labute approximate surface area is 121 Å². The number of carbonyl (C=O) groups is 1. The first-order valence-corrected chi connectivity index (χ1v) is 6.44. The first kappa shape index (κ1) is 13.1. The van der Waals surface area contributed by atoms with E-state index in [9.17, 15) is 4.79 Å². The van der Waals surface area contributed by atoms with Crippen LogP contribution in [0.25, 0.3) is 5.69 Å². The molecule has 5 nitrogen and oxygen atoms in total. The van der Waals surface area contributed by atoms with Gasteiger partial charge in [0, 0.05) is 5.56 Å². The van der Waals surface area contributed by atoms with Crippen molar-refractivity contribution < 1.29 is 9.53 Å². The normalized spacial score (nSPS) is 10.3. The largest absolute Gasteiger partial charge is 0.497 e. The number of hydrogen-bond donors (Lipinski definition) is 0. The lowest BCUT2D eigenvalue weighted by molar-refractivity contribution is 0.103. The van der Waals surface area contributed by atoms with Gasteiger partial charge in [0.25, 0.3) is 0 Å². The van der Waals surface area contributed by atoms with Gasteiger partial charge in [-0.1, -0.05) is 30.3 Å². The van der Waals surface area contributed by atoms with Gasteiger partial charge in [-0.3, -0.25) is 4.79 Å². The van der Waals surface area contributed by atoms with Crippen molar-refractivity contribution in [2.24, 2.45) is 0 Å². The molecular formula is C16H13N3O2. The van der Waals surface area contributed by atoms with E-state index in [-0.39, 0.29) is 5.78 Å². The van der Waals surface area contributed by atoms with Crippen molar-refractivity contribution in [3.63, 3.8) is 0 Å². The summed E-state index contributed by atoms with van der Waals surface area (Å²) in [5.41, 5.74) is 1.73. The molecule has 0 aliphatic heterocycles. The molecular weight excluding hydrogens is 266 g/mol. The highest BCUT2D eigenvalue weighted by atomic mass is 16.5. The summed E-state index contributed by atoms with van der Waals surface area (Å²) in [6, 6.07) is 14.4. The number of methoxy groups -OCH3 is 1. The number of aromatic nitrogens is 3. The Balaban J connectivity index is 2.13. The van der Waals surface area contributed by atoms with Crippen LogP contribution in [0.1, 0.15) is 15.9 Å². The molecule has 5 heteroatoms. The number of carbonyl (C=O) groups excluding carboxylic acids is 1. The van der Waals surface area contributed by atoms with Gasteiger partial charge >= 0.3 is 0 Å². The minimum atomic E-state index is -0.0956. The van der Waals surface area contributed by atoms with Crippen molar-refractivity contribution in [3.8, 4) is 11.4 Å². The van der Waals surface area contributed by atoms with Crippen LogP contribution in [0.5, 0.6) is 5.75 Å². The highest BCUT2D eigenvalue weighted by molar-refractivity contribution is 6.11. The van der Waals surface area contributed by atoms with Gasteiger partial charge in [0.2, 0.25) is 0 Å². The SMILES string of the molecule is COc1ccc(-n2nccn2)c(C(=O)c2ccccc2)c1. The van der Waals surface area contributed by atoms with Crippen LogP contribution in [0.15, 0.2) is 60.9 Å². The standard InChI is InChI=1S/C16H13N3O2/c1-21-13-7-8-15(19-17-9-10-18-19)14(11-13)16(20)12-5-3-2-4-6-12/h2-11H,1H3. The quantitative estimate of drug-likeness (QED) is 0.688. The first-order chi connectivity index (χ1) is 10.3. The molecule has 0 amide bonds. The molecule has 0 radical (unpaired) electrons. The third kappa shape index (κ3) is 2.53. The van der Waals surface area contributed by atoms with Gasteiger partial charge in [0.05, 0.1) is 30.8 Å². The van der Waals surface area contributed by atoms with E-state index in [0.29, 0.717) is 22.6 Å². The summed E-state index contributed by atoms with van der Waals surface area (Å²) < 4.78 is 5.21. The molecule has 0 aliphatic rings. The van der Waals surface area contributed by atoms with E-state index in [1.54, 1.807) is 49.8 Å². The monoisotopic (exact) mass is 279 g/mol. The van der Waals surface area contributed by atoms with Crippen LogP contribution in [0.4, 0.5) is 0 Å². The summed E-state index contributed by atoms with van der Waals surface area (Å²) in [6.45, 7) is 0. The summed E-state index contributed by atoms with van der Waals surface area (Å²) >= 11 is 0. The predicted octanol–water partition coefficient (Wildman–Crippen LogP) is 2.51. The van der Waals surface area contributed by atoms with Crippen LogP contribution >= 0.6 is 0 Å². The van der Waals surface area contributed by atoms with Crippen LogP contribution in [0, 0.1) is 0 Å². The van der Waals surface area contributed by atoms with Gasteiger partial charge < -0.3 is 4.74 Å². The third-order valence-electron chi connectivity index (χ3n) is 3.12. The van der Waals surface area contributed by atoms with Gasteiger partial charge in [0.15, 0.2) is 5.78 Å². The van der Waals surface area contributed by atoms with Gasteiger partial charge in [-0.15, -0.1) is 0 Å². The lowest BCUT2D eigenvalue weighted by Gasteiger charge is -2.10. The van der Waals surface area contributed by atoms with Crippen LogP contribution in [0.3, 0.4) is 0 Å². The minimum Gasteiger partial charge on any atom is -0.497 e. The average molecular weight is 279 g/mol. The zero-order valence-corrected chi connectivity index (χ0v) is 11.4. The van der Waals surface area contributed by atoms with Crippen LogP contribution in [0.2, 0.25) is 0 Å². The topological polar surface area (TPSA) is 57.0 Å². The van der Waals surface area contributed by atoms with Crippen molar-refractivity contribution in [1.82, 2.24) is 15.0 Å². The van der Waals surface area contributed by atoms with Gasteiger partial charge in [-0.25, -0.2) is 0 Å². The zero-order chi connectivity index (χ0) is 14.7. The molecule has 3 aromatic rings. The lowest BCUT2D eigenvalue weighted by atomic mass is 10.0. The molecule has 0 N–H and O–H groups in total. The number of hydrogen-bond acceptors (Lipinski definition) is 4. The van der Waals surface area contributed by atoms with E-state index in [4.69, 9.17) is 4.74 Å². The highest BCUT2D eigenvalue weighted by Crippen LogP contribution is 2.23. The molecule has 0 bridgehead atoms. The number of nitrogens with zero attached hydrogens (tertiary/aromatic N) is 3. The average Bonchev–Trinajstić information content (AvgIpc) is 3.08. The summed E-state index contributed by atoms with van der Waals surface area (Å²) in [4.78, 5) is 14.1. The molecule has 0 saturated carbocycles. The Morgan fingerprint density at radius 3 is 2.43 bits per heavy atom. The Morgan fingerprint density at radius 2 is 1.76 bits per heavy atom. The van der Waals surface area contributed by atoms with Crippen molar-refractivity contribution in [1.29, 1.82) is 0 Å². The molecule has 0 spiro atoms. The summed E-state index contributed by atoms with van der Waals surface area (Å²) in [5.74, 6) is 0.520. The fourth-order valence-electron chi connectivity index (χ4n) is 2.08. The predicted molar refractivity (Wildman–Crippen MR) is 77.8 cm³/mol. The van der Waals surface area contributed by atoms with Crippen molar-refractivity contribution >= 4 is 5.78 Å². The minimum absolute atomic E-state index is 0.0956. The number of ketones is 1. The second-order valence-electron chi connectivity index (χ2n) is 4.40. The number of ether oxygens (including phenoxy) is 1. The number of rotatable bonds is 4. The molecule has 0 saturated heterocycles. The van der Waals surface area contributed by atoms with E-state index in [2.05, 4.69) is 10.2 Å². The maximum absolute atomic E-state index is 12.7. The second-order valence-corrected chi connectivity index (χ2v) is 4.40. The van der Waals surface area contributed by atoms with E-state index < -0.39 is 0 Å². The van der Waals surface area contributed by atoms with E-state index in [1.165, 1.54) is 4.80 Å².